The first-order valence-corrected chi connectivity index (χ1v) is 11.7. The zero-order chi connectivity index (χ0) is 22.6. The molecule has 1 fully saturated rings. The molecule has 0 unspecified atom stereocenters. The van der Waals surface area contributed by atoms with Crippen LogP contribution in [0.5, 0.6) is 5.75 Å². The molecule has 2 aromatic carbocycles. The Kier molecular flexibility index (Phi) is 6.07. The van der Waals surface area contributed by atoms with E-state index in [1.807, 2.05) is 48.0 Å². The Hall–Kier alpha value is -3.67. The summed E-state index contributed by atoms with van der Waals surface area (Å²) in [5.74, 6) is 1.10. The summed E-state index contributed by atoms with van der Waals surface area (Å²) in [6.07, 6.45) is 9.61. The van der Waals surface area contributed by atoms with Gasteiger partial charge in [0.25, 0.3) is 5.91 Å². The molecule has 0 spiro atoms. The van der Waals surface area contributed by atoms with Crippen molar-refractivity contribution in [3.63, 3.8) is 0 Å². The van der Waals surface area contributed by atoms with Gasteiger partial charge in [0.2, 0.25) is 0 Å². The molecule has 1 N–H and O–H groups in total. The number of carbonyl (C=O) groups is 1. The molecule has 33 heavy (non-hydrogen) atoms. The first kappa shape index (κ1) is 21.2. The zero-order valence-electron chi connectivity index (χ0n) is 18.8. The lowest BCUT2D eigenvalue weighted by molar-refractivity contribution is 0.102. The van der Waals surface area contributed by atoms with Gasteiger partial charge < -0.3 is 10.1 Å². The van der Waals surface area contributed by atoms with Crippen molar-refractivity contribution < 1.29 is 9.53 Å². The molecular weight excluding hydrogens is 412 g/mol. The van der Waals surface area contributed by atoms with E-state index in [9.17, 15) is 4.79 Å². The van der Waals surface area contributed by atoms with Crippen LogP contribution in [0.25, 0.3) is 16.8 Å². The summed E-state index contributed by atoms with van der Waals surface area (Å²) in [6.45, 7) is 2.63. The number of anilines is 1. The van der Waals surface area contributed by atoms with Crippen molar-refractivity contribution >= 4 is 17.2 Å². The van der Waals surface area contributed by atoms with E-state index in [2.05, 4.69) is 22.5 Å². The maximum atomic E-state index is 12.7. The summed E-state index contributed by atoms with van der Waals surface area (Å²) in [6, 6.07) is 17.4. The molecule has 1 amide bonds. The second-order valence-electron chi connectivity index (χ2n) is 8.46. The van der Waals surface area contributed by atoms with E-state index in [4.69, 9.17) is 9.72 Å². The minimum atomic E-state index is -0.165. The Morgan fingerprint density at radius 1 is 1.03 bits per heavy atom. The third-order valence-electron chi connectivity index (χ3n) is 6.32. The number of nitrogens with zero attached hydrogens (tertiary/aromatic N) is 3. The fourth-order valence-corrected chi connectivity index (χ4v) is 4.71. The number of fused-ring (bicyclic) bond motifs is 1. The quantitative estimate of drug-likeness (QED) is 0.394. The molecule has 0 saturated heterocycles. The molecule has 0 atom stereocenters. The minimum Gasteiger partial charge on any atom is -0.494 e. The highest BCUT2D eigenvalue weighted by atomic mass is 16.5. The number of benzene rings is 2. The van der Waals surface area contributed by atoms with Crippen LogP contribution in [0.1, 0.15) is 61.0 Å². The average Bonchev–Trinajstić information content (AvgIpc) is 3.28. The highest BCUT2D eigenvalue weighted by Crippen LogP contribution is 2.39. The number of ether oxygens (including phenoxy) is 1. The van der Waals surface area contributed by atoms with Gasteiger partial charge in [0.1, 0.15) is 11.4 Å². The Bertz CT molecular complexity index is 1240. The molecule has 1 aliphatic rings. The van der Waals surface area contributed by atoms with Crippen molar-refractivity contribution in [2.75, 3.05) is 11.9 Å². The molecule has 4 aromatic rings. The lowest BCUT2D eigenvalue weighted by atomic mass is 9.84. The number of aromatic nitrogens is 3. The number of hydrogen-bond acceptors (Lipinski definition) is 4. The molecule has 1 saturated carbocycles. The van der Waals surface area contributed by atoms with Gasteiger partial charge in [-0.25, -0.2) is 9.50 Å². The van der Waals surface area contributed by atoms with E-state index in [0.717, 1.165) is 29.7 Å². The van der Waals surface area contributed by atoms with Crippen LogP contribution in [0, 0.1) is 0 Å². The van der Waals surface area contributed by atoms with Gasteiger partial charge in [-0.1, -0.05) is 49.6 Å². The summed E-state index contributed by atoms with van der Waals surface area (Å²) in [5.41, 5.74) is 5.26. The number of hydrogen-bond donors (Lipinski definition) is 1. The van der Waals surface area contributed by atoms with Crippen LogP contribution in [-0.2, 0) is 0 Å². The molecule has 6 nitrogen and oxygen atoms in total. The molecule has 2 aromatic heterocycles. The zero-order valence-corrected chi connectivity index (χ0v) is 18.8. The third kappa shape index (κ3) is 4.33. The summed E-state index contributed by atoms with van der Waals surface area (Å²) in [4.78, 5) is 17.5. The highest BCUT2D eigenvalue weighted by molar-refractivity contribution is 6.05. The molecule has 0 bridgehead atoms. The van der Waals surface area contributed by atoms with Gasteiger partial charge in [-0.05, 0) is 49.6 Å². The van der Waals surface area contributed by atoms with Crippen LogP contribution in [0.2, 0.25) is 0 Å². The van der Waals surface area contributed by atoms with E-state index < -0.39 is 0 Å². The number of nitrogens with one attached hydrogen (secondary N) is 1. The van der Waals surface area contributed by atoms with Crippen molar-refractivity contribution in [2.45, 2.75) is 44.9 Å². The number of rotatable bonds is 6. The smallest absolute Gasteiger partial charge is 0.255 e. The van der Waals surface area contributed by atoms with Crippen molar-refractivity contribution in [2.24, 2.45) is 0 Å². The number of amides is 1. The minimum absolute atomic E-state index is 0.165. The van der Waals surface area contributed by atoms with E-state index in [-0.39, 0.29) is 5.91 Å². The molecule has 5 rings (SSSR count). The van der Waals surface area contributed by atoms with Gasteiger partial charge in [0, 0.05) is 23.2 Å². The van der Waals surface area contributed by atoms with E-state index in [1.165, 1.54) is 25.0 Å². The fourth-order valence-electron chi connectivity index (χ4n) is 4.71. The fraction of sp³-hybridized carbons (Fsp3) is 0.296. The largest absolute Gasteiger partial charge is 0.494 e. The van der Waals surface area contributed by atoms with Crippen LogP contribution in [-0.4, -0.2) is 27.1 Å². The van der Waals surface area contributed by atoms with Crippen LogP contribution < -0.4 is 10.1 Å². The van der Waals surface area contributed by atoms with Crippen molar-refractivity contribution in [3.05, 3.63) is 78.2 Å². The first-order chi connectivity index (χ1) is 16.2. The van der Waals surface area contributed by atoms with Gasteiger partial charge in [-0.3, -0.25) is 4.79 Å². The molecule has 1 aliphatic carbocycles. The normalized spacial score (nSPS) is 14.3. The summed E-state index contributed by atoms with van der Waals surface area (Å²) in [5, 5.41) is 7.68. The number of carbonyl (C=O) groups excluding carboxylic acids is 1. The Balaban J connectivity index is 1.56. The van der Waals surface area contributed by atoms with Crippen LogP contribution in [0.3, 0.4) is 0 Å². The molecule has 0 aliphatic heterocycles. The lowest BCUT2D eigenvalue weighted by Crippen LogP contribution is -2.14. The Morgan fingerprint density at radius 3 is 2.52 bits per heavy atom. The second-order valence-corrected chi connectivity index (χ2v) is 8.46. The molecular formula is C27H28N4O2. The molecule has 168 valence electrons. The SMILES string of the molecule is CCOc1ccc(-c2cnc3c(NC(=O)c4ccccc4)cnn3c2C2CCCCC2)cc1. The van der Waals surface area contributed by atoms with Gasteiger partial charge in [0.15, 0.2) is 5.65 Å². The van der Waals surface area contributed by atoms with Crippen LogP contribution in [0.15, 0.2) is 67.0 Å². The van der Waals surface area contributed by atoms with Crippen LogP contribution >= 0.6 is 0 Å². The molecule has 0 radical (unpaired) electrons. The standard InChI is InChI=1S/C27H28N4O2/c1-2-33-22-15-13-19(14-16-22)23-17-28-26-24(30-27(32)21-11-7-4-8-12-21)18-29-31(26)25(23)20-9-5-3-6-10-20/h4,7-8,11-18,20H,2-3,5-6,9-10H2,1H3,(H,30,32). The van der Waals surface area contributed by atoms with Gasteiger partial charge >= 0.3 is 0 Å². The van der Waals surface area contributed by atoms with E-state index in [0.29, 0.717) is 29.4 Å². The molecule has 2 heterocycles. The van der Waals surface area contributed by atoms with E-state index in [1.54, 1.807) is 18.3 Å². The van der Waals surface area contributed by atoms with Gasteiger partial charge in [-0.15, -0.1) is 0 Å². The first-order valence-electron chi connectivity index (χ1n) is 11.7. The summed E-state index contributed by atoms with van der Waals surface area (Å²) >= 11 is 0. The average molecular weight is 441 g/mol. The highest BCUT2D eigenvalue weighted by Gasteiger charge is 2.24. The topological polar surface area (TPSA) is 68.5 Å². The lowest BCUT2D eigenvalue weighted by Gasteiger charge is -2.25. The predicted molar refractivity (Wildman–Crippen MR) is 130 cm³/mol. The maximum absolute atomic E-state index is 12.7. The van der Waals surface area contributed by atoms with Crippen molar-refractivity contribution in [1.82, 2.24) is 14.6 Å². The second kappa shape index (κ2) is 9.45. The molecule has 6 heteroatoms. The summed E-state index contributed by atoms with van der Waals surface area (Å²) < 4.78 is 7.55. The van der Waals surface area contributed by atoms with E-state index >= 15 is 0 Å². The summed E-state index contributed by atoms with van der Waals surface area (Å²) in [7, 11) is 0. The van der Waals surface area contributed by atoms with Crippen LogP contribution in [0.4, 0.5) is 5.69 Å². The van der Waals surface area contributed by atoms with Gasteiger partial charge in [0.05, 0.1) is 18.5 Å². The predicted octanol–water partition coefficient (Wildman–Crippen LogP) is 6.10. The van der Waals surface area contributed by atoms with Crippen molar-refractivity contribution in [3.8, 4) is 16.9 Å². The monoisotopic (exact) mass is 440 g/mol. The maximum Gasteiger partial charge on any atom is 0.255 e. The van der Waals surface area contributed by atoms with Gasteiger partial charge in [-0.2, -0.15) is 5.10 Å². The third-order valence-corrected chi connectivity index (χ3v) is 6.32. The Morgan fingerprint density at radius 2 is 1.79 bits per heavy atom. The van der Waals surface area contributed by atoms with Crippen molar-refractivity contribution in [1.29, 1.82) is 0 Å². The Labute approximate surface area is 193 Å².